The number of anilines is 2. The molecular weight excluding hydrogens is 455 g/mol. The summed E-state index contributed by atoms with van der Waals surface area (Å²) >= 11 is 0. The van der Waals surface area contributed by atoms with Crippen LogP contribution in [0, 0.1) is 11.7 Å². The van der Waals surface area contributed by atoms with Crippen LogP contribution >= 0.6 is 0 Å². The van der Waals surface area contributed by atoms with E-state index in [1.165, 1.54) is 39.5 Å². The molecule has 0 N–H and O–H groups in total. The molecule has 0 bridgehead atoms. The molecular formula is C26H23FN2O6. The van der Waals surface area contributed by atoms with E-state index in [1.807, 2.05) is 30.3 Å². The number of nitrogens with zero attached hydrogens (tertiary/aromatic N) is 2. The van der Waals surface area contributed by atoms with Gasteiger partial charge in [0, 0.05) is 5.56 Å². The molecule has 2 fully saturated rings. The number of hydrogen-bond acceptors (Lipinski definition) is 7. The highest BCUT2D eigenvalue weighted by Crippen LogP contribution is 2.52. The zero-order chi connectivity index (χ0) is 24.7. The number of fused-ring (bicyclic) bond motifs is 1. The van der Waals surface area contributed by atoms with Gasteiger partial charge in [0.2, 0.25) is 11.7 Å². The molecule has 2 aliphatic heterocycles. The number of carbonyl (C=O) groups is 2. The van der Waals surface area contributed by atoms with E-state index in [9.17, 15) is 14.0 Å². The number of ether oxygens (including phenoxy) is 3. The van der Waals surface area contributed by atoms with Crippen LogP contribution < -0.4 is 24.2 Å². The Morgan fingerprint density at radius 1 is 0.800 bits per heavy atom. The van der Waals surface area contributed by atoms with E-state index in [0.717, 1.165) is 11.0 Å². The summed E-state index contributed by atoms with van der Waals surface area (Å²) in [5, 5.41) is 1.55. The SMILES string of the molecule is COc1ccc([C@@H]2[C@H]3C(=O)N(c4cccc(F)c4)C(=O)[C@@H]3ON2c2ccccc2)c(OC)c1OC. The van der Waals surface area contributed by atoms with Crippen molar-refractivity contribution in [2.45, 2.75) is 12.1 Å². The fraction of sp³-hybridized carbons (Fsp3) is 0.231. The van der Waals surface area contributed by atoms with Gasteiger partial charge in [0.25, 0.3) is 5.91 Å². The molecule has 3 aromatic rings. The molecule has 3 atom stereocenters. The molecule has 2 heterocycles. The summed E-state index contributed by atoms with van der Waals surface area (Å²) in [7, 11) is 4.49. The molecule has 9 heteroatoms. The van der Waals surface area contributed by atoms with Gasteiger partial charge in [-0.3, -0.25) is 14.4 Å². The van der Waals surface area contributed by atoms with Gasteiger partial charge in [-0.2, -0.15) is 0 Å². The third kappa shape index (κ3) is 3.55. The Morgan fingerprint density at radius 2 is 1.51 bits per heavy atom. The van der Waals surface area contributed by atoms with E-state index in [0.29, 0.717) is 28.5 Å². The van der Waals surface area contributed by atoms with Crippen molar-refractivity contribution in [2.24, 2.45) is 5.92 Å². The van der Waals surface area contributed by atoms with Crippen molar-refractivity contribution in [1.82, 2.24) is 0 Å². The zero-order valence-electron chi connectivity index (χ0n) is 19.3. The lowest BCUT2D eigenvalue weighted by atomic mass is 9.89. The Kier molecular flexibility index (Phi) is 5.78. The molecule has 180 valence electrons. The highest BCUT2D eigenvalue weighted by atomic mass is 19.1. The minimum absolute atomic E-state index is 0.155. The smallest absolute Gasteiger partial charge is 0.266 e. The maximum atomic E-state index is 13.9. The van der Waals surface area contributed by atoms with Gasteiger partial charge >= 0.3 is 0 Å². The largest absolute Gasteiger partial charge is 0.493 e. The molecule has 3 aromatic carbocycles. The van der Waals surface area contributed by atoms with Crippen LogP contribution in [-0.2, 0) is 14.4 Å². The van der Waals surface area contributed by atoms with Crippen LogP contribution in [0.5, 0.6) is 17.2 Å². The van der Waals surface area contributed by atoms with Gasteiger partial charge in [0.15, 0.2) is 17.6 Å². The molecule has 5 rings (SSSR count). The fourth-order valence-corrected chi connectivity index (χ4v) is 4.76. The Morgan fingerprint density at radius 3 is 2.17 bits per heavy atom. The molecule has 35 heavy (non-hydrogen) atoms. The average Bonchev–Trinajstić information content (AvgIpc) is 3.39. The van der Waals surface area contributed by atoms with Crippen LogP contribution in [0.3, 0.4) is 0 Å². The van der Waals surface area contributed by atoms with E-state index in [2.05, 4.69) is 0 Å². The molecule has 2 aliphatic rings. The standard InChI is InChI=1S/C26H23FN2O6/c1-32-19-13-12-18(22(33-2)23(19)34-3)21-20-24(35-29(21)16-9-5-4-6-10-16)26(31)28(25(20)30)17-11-7-8-15(27)14-17/h4-14,20-21,24H,1-3H3/t20-,21-,24-/m1/s1. The summed E-state index contributed by atoms with van der Waals surface area (Å²) in [5.41, 5.74) is 1.38. The minimum Gasteiger partial charge on any atom is -0.493 e. The number of imide groups is 1. The average molecular weight is 478 g/mol. The number of carbonyl (C=O) groups excluding carboxylic acids is 2. The van der Waals surface area contributed by atoms with Crippen molar-refractivity contribution in [1.29, 1.82) is 0 Å². The molecule has 0 aromatic heterocycles. The molecule has 8 nitrogen and oxygen atoms in total. The maximum Gasteiger partial charge on any atom is 0.266 e. The molecule has 0 aliphatic carbocycles. The third-order valence-electron chi connectivity index (χ3n) is 6.25. The molecule has 2 amide bonds. The molecule has 0 spiro atoms. The Hall–Kier alpha value is -4.11. The predicted octanol–water partition coefficient (Wildman–Crippen LogP) is 3.90. The predicted molar refractivity (Wildman–Crippen MR) is 125 cm³/mol. The van der Waals surface area contributed by atoms with E-state index in [1.54, 1.807) is 17.2 Å². The van der Waals surface area contributed by atoms with Crippen LogP contribution in [0.4, 0.5) is 15.8 Å². The summed E-state index contributed by atoms with van der Waals surface area (Å²) in [4.78, 5) is 34.2. The third-order valence-corrected chi connectivity index (χ3v) is 6.25. The number of para-hydroxylation sites is 1. The Bertz CT molecular complexity index is 1280. The second kappa shape index (κ2) is 8.92. The monoisotopic (exact) mass is 478 g/mol. The second-order valence-corrected chi connectivity index (χ2v) is 8.07. The van der Waals surface area contributed by atoms with Gasteiger partial charge in [0.1, 0.15) is 17.8 Å². The Labute approximate surface area is 201 Å². The number of methoxy groups -OCH3 is 3. The van der Waals surface area contributed by atoms with E-state index < -0.39 is 35.7 Å². The van der Waals surface area contributed by atoms with Gasteiger partial charge in [-0.05, 0) is 42.5 Å². The van der Waals surface area contributed by atoms with Crippen molar-refractivity contribution in [3.05, 3.63) is 78.1 Å². The van der Waals surface area contributed by atoms with Crippen LogP contribution in [0.2, 0.25) is 0 Å². The van der Waals surface area contributed by atoms with Crippen molar-refractivity contribution >= 4 is 23.2 Å². The normalized spacial score (nSPS) is 21.3. The first kappa shape index (κ1) is 22.7. The van der Waals surface area contributed by atoms with Crippen LogP contribution in [0.25, 0.3) is 0 Å². The highest BCUT2D eigenvalue weighted by molar-refractivity contribution is 6.24. The number of halogens is 1. The summed E-state index contributed by atoms with van der Waals surface area (Å²) in [6, 6.07) is 17.2. The highest BCUT2D eigenvalue weighted by Gasteiger charge is 2.61. The van der Waals surface area contributed by atoms with Gasteiger partial charge in [0.05, 0.1) is 32.7 Å². The van der Waals surface area contributed by atoms with E-state index >= 15 is 0 Å². The summed E-state index contributed by atoms with van der Waals surface area (Å²) < 4.78 is 30.6. The molecule has 0 unspecified atom stereocenters. The first-order valence-electron chi connectivity index (χ1n) is 10.9. The number of rotatable bonds is 6. The summed E-state index contributed by atoms with van der Waals surface area (Å²) in [6.07, 6.45) is -1.10. The second-order valence-electron chi connectivity index (χ2n) is 8.07. The Balaban J connectivity index is 1.66. The van der Waals surface area contributed by atoms with Gasteiger partial charge < -0.3 is 14.2 Å². The van der Waals surface area contributed by atoms with Crippen LogP contribution in [0.1, 0.15) is 11.6 Å². The van der Waals surface area contributed by atoms with Crippen molar-refractivity contribution in [2.75, 3.05) is 31.3 Å². The van der Waals surface area contributed by atoms with Gasteiger partial charge in [-0.15, -0.1) is 0 Å². The first-order valence-corrected chi connectivity index (χ1v) is 10.9. The number of hydrogen-bond donors (Lipinski definition) is 0. The topological polar surface area (TPSA) is 77.5 Å². The minimum atomic E-state index is -1.10. The summed E-state index contributed by atoms with van der Waals surface area (Å²) in [5.74, 6) is -1.37. The van der Waals surface area contributed by atoms with Crippen LogP contribution in [0.15, 0.2) is 66.7 Å². The number of amides is 2. The number of benzene rings is 3. The van der Waals surface area contributed by atoms with Gasteiger partial charge in [-0.1, -0.05) is 24.3 Å². The maximum absolute atomic E-state index is 13.9. The van der Waals surface area contributed by atoms with E-state index in [4.69, 9.17) is 19.0 Å². The summed E-state index contributed by atoms with van der Waals surface area (Å²) in [6.45, 7) is 0. The molecule has 0 radical (unpaired) electrons. The van der Waals surface area contributed by atoms with Crippen molar-refractivity contribution < 1.29 is 33.0 Å². The fourth-order valence-electron chi connectivity index (χ4n) is 4.76. The van der Waals surface area contributed by atoms with E-state index in [-0.39, 0.29) is 5.69 Å². The van der Waals surface area contributed by atoms with Crippen molar-refractivity contribution in [3.63, 3.8) is 0 Å². The number of hydroxylamine groups is 1. The van der Waals surface area contributed by atoms with Crippen molar-refractivity contribution in [3.8, 4) is 17.2 Å². The quantitative estimate of drug-likeness (QED) is 0.498. The lowest BCUT2D eigenvalue weighted by Gasteiger charge is -2.30. The molecule has 0 saturated carbocycles. The molecule has 2 saturated heterocycles. The lowest BCUT2D eigenvalue weighted by molar-refractivity contribution is -0.126. The zero-order valence-corrected chi connectivity index (χ0v) is 19.3. The first-order chi connectivity index (χ1) is 17.0. The lowest BCUT2D eigenvalue weighted by Crippen LogP contribution is -2.37. The van der Waals surface area contributed by atoms with Gasteiger partial charge in [-0.25, -0.2) is 14.4 Å². The van der Waals surface area contributed by atoms with Crippen LogP contribution in [-0.4, -0.2) is 39.2 Å².